The number of carbonyl (C=O) groups is 2. The lowest BCUT2D eigenvalue weighted by molar-refractivity contribution is -0.138. The van der Waals surface area contributed by atoms with Crippen LogP contribution in [0.15, 0.2) is 12.4 Å². The molecule has 0 spiro atoms. The van der Waals surface area contributed by atoms with Gasteiger partial charge in [-0.1, -0.05) is 6.92 Å². The summed E-state index contributed by atoms with van der Waals surface area (Å²) in [5, 5.41) is 0. The number of likely N-dealkylation sites (tertiary alicyclic amines) is 1. The van der Waals surface area contributed by atoms with Crippen LogP contribution >= 0.6 is 0 Å². The molecule has 2 aliphatic heterocycles. The number of amides is 2. The summed E-state index contributed by atoms with van der Waals surface area (Å²) in [5.41, 5.74) is 1.14. The lowest BCUT2D eigenvalue weighted by Crippen LogP contribution is -2.53. The maximum absolute atomic E-state index is 12.8. The molecule has 2 fully saturated rings. The molecule has 1 atom stereocenters. The topological polar surface area (TPSA) is 69.6 Å². The minimum Gasteiger partial charge on any atom is -0.340 e. The van der Waals surface area contributed by atoms with Crippen LogP contribution in [0.3, 0.4) is 0 Å². The van der Waals surface area contributed by atoms with Crippen molar-refractivity contribution in [1.82, 2.24) is 24.7 Å². The van der Waals surface area contributed by atoms with Gasteiger partial charge in [0.15, 0.2) is 0 Å². The summed E-state index contributed by atoms with van der Waals surface area (Å²) in [6.45, 7) is 9.66. The molecule has 136 valence electrons. The Kier molecular flexibility index (Phi) is 5.63. The van der Waals surface area contributed by atoms with Crippen LogP contribution in [0.4, 0.5) is 0 Å². The average molecular weight is 345 g/mol. The number of nitrogens with zero attached hydrogens (tertiary/aromatic N) is 5. The Morgan fingerprint density at radius 1 is 1.08 bits per heavy atom. The molecule has 0 aliphatic carbocycles. The molecule has 0 saturated carbocycles. The van der Waals surface area contributed by atoms with E-state index < -0.39 is 0 Å². The fourth-order valence-electron chi connectivity index (χ4n) is 3.57. The highest BCUT2D eigenvalue weighted by Gasteiger charge is 2.33. The molecule has 0 aromatic carbocycles. The van der Waals surface area contributed by atoms with Gasteiger partial charge in [0, 0.05) is 45.5 Å². The molecule has 2 aliphatic rings. The van der Waals surface area contributed by atoms with Gasteiger partial charge in [-0.15, -0.1) is 0 Å². The quantitative estimate of drug-likeness (QED) is 0.810. The monoisotopic (exact) mass is 345 g/mol. The number of carbonyl (C=O) groups excluding carboxylic acids is 2. The first-order valence-corrected chi connectivity index (χ1v) is 9.17. The molecule has 3 heterocycles. The Morgan fingerprint density at radius 2 is 1.84 bits per heavy atom. The van der Waals surface area contributed by atoms with E-state index in [4.69, 9.17) is 0 Å². The number of aromatic nitrogens is 2. The standard InChI is InChI=1S/C18H27N5O2/c1-3-21-7-9-22(10-8-21)17(24)15-5-4-6-23(13-15)18(25)16-12-19-14(2)11-20-16/h11-12,15H,3-10,13H2,1-2H3. The van der Waals surface area contributed by atoms with E-state index in [-0.39, 0.29) is 17.7 Å². The molecule has 2 amide bonds. The molecular formula is C18H27N5O2. The zero-order valence-corrected chi connectivity index (χ0v) is 15.1. The van der Waals surface area contributed by atoms with Crippen molar-refractivity contribution in [3.63, 3.8) is 0 Å². The number of piperidine rings is 1. The number of hydrogen-bond acceptors (Lipinski definition) is 5. The van der Waals surface area contributed by atoms with E-state index in [0.717, 1.165) is 51.3 Å². The number of likely N-dealkylation sites (N-methyl/N-ethyl adjacent to an activating group) is 1. The first-order chi connectivity index (χ1) is 12.1. The Balaban J connectivity index is 1.60. The summed E-state index contributed by atoms with van der Waals surface area (Å²) in [5.74, 6) is -0.0201. The second kappa shape index (κ2) is 7.91. The minimum absolute atomic E-state index is 0.0933. The van der Waals surface area contributed by atoms with Crippen molar-refractivity contribution in [3.8, 4) is 0 Å². The first kappa shape index (κ1) is 17.8. The smallest absolute Gasteiger partial charge is 0.274 e. The van der Waals surface area contributed by atoms with Crippen LogP contribution in [0.2, 0.25) is 0 Å². The molecule has 25 heavy (non-hydrogen) atoms. The van der Waals surface area contributed by atoms with Gasteiger partial charge < -0.3 is 14.7 Å². The largest absolute Gasteiger partial charge is 0.340 e. The van der Waals surface area contributed by atoms with Gasteiger partial charge in [-0.25, -0.2) is 4.98 Å². The van der Waals surface area contributed by atoms with Crippen LogP contribution < -0.4 is 0 Å². The van der Waals surface area contributed by atoms with Crippen molar-refractivity contribution in [2.24, 2.45) is 5.92 Å². The van der Waals surface area contributed by atoms with Gasteiger partial charge >= 0.3 is 0 Å². The fraction of sp³-hybridized carbons (Fsp3) is 0.667. The first-order valence-electron chi connectivity index (χ1n) is 9.17. The SMILES string of the molecule is CCN1CCN(C(=O)C2CCCN(C(=O)c3cnc(C)cn3)C2)CC1. The normalized spacial score (nSPS) is 22.1. The Labute approximate surface area is 149 Å². The van der Waals surface area contributed by atoms with Crippen LogP contribution in [-0.4, -0.2) is 82.3 Å². The predicted octanol–water partition coefficient (Wildman–Crippen LogP) is 0.801. The Hall–Kier alpha value is -2.02. The minimum atomic E-state index is -0.124. The lowest BCUT2D eigenvalue weighted by Gasteiger charge is -2.38. The summed E-state index contributed by atoms with van der Waals surface area (Å²) in [6, 6.07) is 0. The summed E-state index contributed by atoms with van der Waals surface area (Å²) in [4.78, 5) is 39.9. The maximum Gasteiger partial charge on any atom is 0.274 e. The molecule has 1 aromatic heterocycles. The zero-order chi connectivity index (χ0) is 17.8. The second-order valence-corrected chi connectivity index (χ2v) is 6.89. The maximum atomic E-state index is 12.8. The third-order valence-corrected chi connectivity index (χ3v) is 5.19. The number of hydrogen-bond donors (Lipinski definition) is 0. The average Bonchev–Trinajstić information content (AvgIpc) is 2.67. The van der Waals surface area contributed by atoms with Crippen LogP contribution in [-0.2, 0) is 4.79 Å². The highest BCUT2D eigenvalue weighted by atomic mass is 16.2. The summed E-state index contributed by atoms with van der Waals surface area (Å²) in [7, 11) is 0. The van der Waals surface area contributed by atoms with E-state index >= 15 is 0 Å². The van der Waals surface area contributed by atoms with Gasteiger partial charge in [-0.2, -0.15) is 0 Å². The van der Waals surface area contributed by atoms with Crippen molar-refractivity contribution in [3.05, 3.63) is 23.8 Å². The van der Waals surface area contributed by atoms with E-state index in [9.17, 15) is 9.59 Å². The highest BCUT2D eigenvalue weighted by molar-refractivity contribution is 5.92. The third-order valence-electron chi connectivity index (χ3n) is 5.19. The predicted molar refractivity (Wildman–Crippen MR) is 94.1 cm³/mol. The molecule has 7 nitrogen and oxygen atoms in total. The Bertz CT molecular complexity index is 610. The van der Waals surface area contributed by atoms with E-state index in [1.54, 1.807) is 11.1 Å². The van der Waals surface area contributed by atoms with Crippen molar-refractivity contribution in [2.75, 3.05) is 45.8 Å². The Morgan fingerprint density at radius 3 is 2.48 bits per heavy atom. The molecule has 7 heteroatoms. The lowest BCUT2D eigenvalue weighted by atomic mass is 9.96. The van der Waals surface area contributed by atoms with Gasteiger partial charge in [0.2, 0.25) is 5.91 Å². The van der Waals surface area contributed by atoms with Gasteiger partial charge in [-0.3, -0.25) is 14.6 Å². The van der Waals surface area contributed by atoms with Crippen LogP contribution in [0, 0.1) is 12.8 Å². The van der Waals surface area contributed by atoms with Crippen LogP contribution in [0.25, 0.3) is 0 Å². The molecule has 1 aromatic rings. The van der Waals surface area contributed by atoms with Gasteiger partial charge in [0.05, 0.1) is 17.8 Å². The molecule has 1 unspecified atom stereocenters. The van der Waals surface area contributed by atoms with Gasteiger partial charge in [-0.05, 0) is 26.3 Å². The van der Waals surface area contributed by atoms with Crippen LogP contribution in [0.5, 0.6) is 0 Å². The van der Waals surface area contributed by atoms with Gasteiger partial charge in [0.1, 0.15) is 5.69 Å². The number of rotatable bonds is 3. The number of piperazine rings is 1. The van der Waals surface area contributed by atoms with Crippen molar-refractivity contribution < 1.29 is 9.59 Å². The van der Waals surface area contributed by atoms with E-state index in [1.807, 2.05) is 11.8 Å². The fourth-order valence-corrected chi connectivity index (χ4v) is 3.57. The molecule has 2 saturated heterocycles. The molecule has 3 rings (SSSR count). The molecule has 0 N–H and O–H groups in total. The van der Waals surface area contributed by atoms with E-state index in [0.29, 0.717) is 18.8 Å². The molecule has 0 bridgehead atoms. The number of aryl methyl sites for hydroxylation is 1. The molecular weight excluding hydrogens is 318 g/mol. The highest BCUT2D eigenvalue weighted by Crippen LogP contribution is 2.21. The zero-order valence-electron chi connectivity index (χ0n) is 15.1. The molecule has 0 radical (unpaired) electrons. The van der Waals surface area contributed by atoms with Crippen molar-refractivity contribution in [1.29, 1.82) is 0 Å². The second-order valence-electron chi connectivity index (χ2n) is 6.89. The third kappa shape index (κ3) is 4.15. The van der Waals surface area contributed by atoms with Gasteiger partial charge in [0.25, 0.3) is 5.91 Å². The van der Waals surface area contributed by atoms with E-state index in [1.165, 1.54) is 6.20 Å². The van der Waals surface area contributed by atoms with Crippen molar-refractivity contribution >= 4 is 11.8 Å². The van der Waals surface area contributed by atoms with E-state index in [2.05, 4.69) is 21.8 Å². The van der Waals surface area contributed by atoms with Crippen LogP contribution in [0.1, 0.15) is 35.9 Å². The van der Waals surface area contributed by atoms with Crippen molar-refractivity contribution in [2.45, 2.75) is 26.7 Å². The summed E-state index contributed by atoms with van der Waals surface area (Å²) in [6.07, 6.45) is 4.84. The summed E-state index contributed by atoms with van der Waals surface area (Å²) >= 11 is 0. The summed E-state index contributed by atoms with van der Waals surface area (Å²) < 4.78 is 0.